The lowest BCUT2D eigenvalue weighted by Crippen LogP contribution is -1.97. The van der Waals surface area contributed by atoms with Crippen LogP contribution >= 0.6 is 12.2 Å². The van der Waals surface area contributed by atoms with E-state index < -0.39 is 0 Å². The monoisotopic (exact) mass is 172 g/mol. The minimum Gasteiger partial charge on any atom is -0.487 e. The molecule has 2 heteroatoms. The van der Waals surface area contributed by atoms with Gasteiger partial charge in [0.1, 0.15) is 0 Å². The molecule has 0 N–H and O–H groups in total. The van der Waals surface area contributed by atoms with Gasteiger partial charge in [-0.3, -0.25) is 0 Å². The number of unbranched alkanes of at least 4 members (excludes halogenated alkanes) is 3. The summed E-state index contributed by atoms with van der Waals surface area (Å²) in [4.78, 5) is 0. The summed E-state index contributed by atoms with van der Waals surface area (Å²) in [5, 5.41) is 0.647. The molecule has 0 spiro atoms. The van der Waals surface area contributed by atoms with Crippen LogP contribution < -0.4 is 0 Å². The minimum atomic E-state index is 0.647. The quantitative estimate of drug-likeness (QED) is 0.346. The molecule has 0 atom stereocenters. The highest BCUT2D eigenvalue weighted by Crippen LogP contribution is 2.00. The Morgan fingerprint density at radius 3 is 2.73 bits per heavy atom. The fourth-order valence-electron chi connectivity index (χ4n) is 0.783. The largest absolute Gasteiger partial charge is 0.487 e. The maximum atomic E-state index is 5.13. The average Bonchev–Trinajstić information content (AvgIpc) is 1.96. The standard InChI is InChI=1S/C9H16OS/c1-3-4-5-6-7-8-10-9(2)11/h3H,1,4-8H2,2H3. The molecule has 0 aromatic carbocycles. The molecule has 0 radical (unpaired) electrons. The summed E-state index contributed by atoms with van der Waals surface area (Å²) in [7, 11) is 0. The Morgan fingerprint density at radius 1 is 1.45 bits per heavy atom. The Balaban J connectivity index is 2.90. The molecule has 0 unspecified atom stereocenters. The second-order valence-corrected chi connectivity index (χ2v) is 3.05. The lowest BCUT2D eigenvalue weighted by atomic mass is 10.2. The van der Waals surface area contributed by atoms with Crippen molar-refractivity contribution in [3.8, 4) is 0 Å². The lowest BCUT2D eigenvalue weighted by molar-refractivity contribution is 0.298. The molecule has 0 fully saturated rings. The number of thiocarbonyl (C=S) groups is 1. The van der Waals surface area contributed by atoms with Crippen molar-refractivity contribution < 1.29 is 4.74 Å². The highest BCUT2D eigenvalue weighted by atomic mass is 32.1. The number of rotatable bonds is 6. The summed E-state index contributed by atoms with van der Waals surface area (Å²) in [6, 6.07) is 0. The summed E-state index contributed by atoms with van der Waals surface area (Å²) in [5.41, 5.74) is 0. The molecule has 0 aliphatic heterocycles. The van der Waals surface area contributed by atoms with Crippen molar-refractivity contribution in [2.75, 3.05) is 6.61 Å². The van der Waals surface area contributed by atoms with E-state index in [1.165, 1.54) is 12.8 Å². The third-order valence-corrected chi connectivity index (χ3v) is 1.48. The first-order valence-corrected chi connectivity index (χ1v) is 4.42. The zero-order chi connectivity index (χ0) is 8.53. The summed E-state index contributed by atoms with van der Waals surface area (Å²) in [6.07, 6.45) is 6.57. The summed E-state index contributed by atoms with van der Waals surface area (Å²) in [5.74, 6) is 0. The van der Waals surface area contributed by atoms with Gasteiger partial charge in [0.2, 0.25) is 0 Å². The normalized spacial score (nSPS) is 9.18. The van der Waals surface area contributed by atoms with Crippen LogP contribution in [0.25, 0.3) is 0 Å². The SMILES string of the molecule is C=CCCCCCOC(C)=S. The van der Waals surface area contributed by atoms with Gasteiger partial charge in [-0.2, -0.15) is 0 Å². The van der Waals surface area contributed by atoms with Crippen LogP contribution in [0.2, 0.25) is 0 Å². The van der Waals surface area contributed by atoms with Gasteiger partial charge in [-0.05, 0) is 37.9 Å². The minimum absolute atomic E-state index is 0.647. The van der Waals surface area contributed by atoms with Gasteiger partial charge in [-0.15, -0.1) is 6.58 Å². The van der Waals surface area contributed by atoms with Crippen molar-refractivity contribution in [1.82, 2.24) is 0 Å². The van der Waals surface area contributed by atoms with Crippen LogP contribution in [0.5, 0.6) is 0 Å². The lowest BCUT2D eigenvalue weighted by Gasteiger charge is -2.01. The maximum absolute atomic E-state index is 5.13. The van der Waals surface area contributed by atoms with E-state index >= 15 is 0 Å². The Kier molecular flexibility index (Phi) is 7.47. The van der Waals surface area contributed by atoms with E-state index in [2.05, 4.69) is 6.58 Å². The van der Waals surface area contributed by atoms with Gasteiger partial charge < -0.3 is 4.74 Å². The third kappa shape index (κ3) is 9.63. The first-order valence-electron chi connectivity index (χ1n) is 4.01. The summed E-state index contributed by atoms with van der Waals surface area (Å²) in [6.45, 7) is 6.23. The predicted molar refractivity (Wildman–Crippen MR) is 52.9 cm³/mol. The topological polar surface area (TPSA) is 9.23 Å². The van der Waals surface area contributed by atoms with Crippen molar-refractivity contribution >= 4 is 17.3 Å². The predicted octanol–water partition coefficient (Wildman–Crippen LogP) is 3.10. The highest BCUT2D eigenvalue weighted by Gasteiger charge is 1.89. The molecule has 0 aromatic rings. The third-order valence-electron chi connectivity index (χ3n) is 1.36. The number of hydrogen-bond donors (Lipinski definition) is 0. The molecular weight excluding hydrogens is 156 g/mol. The second-order valence-electron chi connectivity index (χ2n) is 2.48. The van der Waals surface area contributed by atoms with Crippen LogP contribution in [-0.2, 0) is 4.74 Å². The highest BCUT2D eigenvalue weighted by molar-refractivity contribution is 7.80. The Hall–Kier alpha value is -0.370. The maximum Gasteiger partial charge on any atom is 0.156 e. The van der Waals surface area contributed by atoms with Crippen LogP contribution in [0, 0.1) is 0 Å². The molecule has 64 valence electrons. The number of allylic oxidation sites excluding steroid dienone is 1. The van der Waals surface area contributed by atoms with Crippen LogP contribution in [0.3, 0.4) is 0 Å². The van der Waals surface area contributed by atoms with Crippen LogP contribution in [0.1, 0.15) is 32.6 Å². The zero-order valence-electron chi connectivity index (χ0n) is 7.14. The second kappa shape index (κ2) is 7.73. The van der Waals surface area contributed by atoms with E-state index in [0.29, 0.717) is 5.05 Å². The van der Waals surface area contributed by atoms with E-state index in [1.807, 2.05) is 6.08 Å². The average molecular weight is 172 g/mol. The van der Waals surface area contributed by atoms with E-state index in [0.717, 1.165) is 19.4 Å². The van der Waals surface area contributed by atoms with Crippen LogP contribution in [-0.4, -0.2) is 11.7 Å². The van der Waals surface area contributed by atoms with Crippen molar-refractivity contribution in [1.29, 1.82) is 0 Å². The molecule has 0 amide bonds. The van der Waals surface area contributed by atoms with E-state index in [-0.39, 0.29) is 0 Å². The van der Waals surface area contributed by atoms with Crippen molar-refractivity contribution in [2.24, 2.45) is 0 Å². The van der Waals surface area contributed by atoms with Gasteiger partial charge >= 0.3 is 0 Å². The van der Waals surface area contributed by atoms with Crippen LogP contribution in [0.4, 0.5) is 0 Å². The van der Waals surface area contributed by atoms with E-state index in [1.54, 1.807) is 6.92 Å². The molecule has 0 heterocycles. The summed E-state index contributed by atoms with van der Waals surface area (Å²) >= 11 is 4.76. The smallest absolute Gasteiger partial charge is 0.156 e. The molecule has 0 bridgehead atoms. The molecule has 0 aliphatic rings. The van der Waals surface area contributed by atoms with Crippen molar-refractivity contribution in [2.45, 2.75) is 32.6 Å². The zero-order valence-corrected chi connectivity index (χ0v) is 7.95. The van der Waals surface area contributed by atoms with Gasteiger partial charge in [-0.1, -0.05) is 6.08 Å². The molecule has 0 saturated carbocycles. The molecule has 0 rings (SSSR count). The van der Waals surface area contributed by atoms with Gasteiger partial charge in [0.05, 0.1) is 6.61 Å². The fraction of sp³-hybridized carbons (Fsp3) is 0.667. The number of hydrogen-bond acceptors (Lipinski definition) is 2. The van der Waals surface area contributed by atoms with E-state index in [9.17, 15) is 0 Å². The molecule has 0 saturated heterocycles. The number of ether oxygens (including phenoxy) is 1. The fourth-order valence-corrected chi connectivity index (χ4v) is 0.867. The van der Waals surface area contributed by atoms with E-state index in [4.69, 9.17) is 17.0 Å². The Bertz CT molecular complexity index is 121. The molecule has 0 aromatic heterocycles. The van der Waals surface area contributed by atoms with Gasteiger partial charge in [0.15, 0.2) is 5.05 Å². The van der Waals surface area contributed by atoms with Gasteiger partial charge in [0, 0.05) is 6.92 Å². The summed E-state index contributed by atoms with van der Waals surface area (Å²) < 4.78 is 5.13. The Morgan fingerprint density at radius 2 is 2.18 bits per heavy atom. The Labute approximate surface area is 74.4 Å². The first-order chi connectivity index (χ1) is 5.27. The van der Waals surface area contributed by atoms with Gasteiger partial charge in [0.25, 0.3) is 0 Å². The molecule has 11 heavy (non-hydrogen) atoms. The molecule has 0 aliphatic carbocycles. The molecular formula is C9H16OS. The van der Waals surface area contributed by atoms with Crippen molar-refractivity contribution in [3.05, 3.63) is 12.7 Å². The van der Waals surface area contributed by atoms with Gasteiger partial charge in [-0.25, -0.2) is 0 Å². The van der Waals surface area contributed by atoms with Crippen LogP contribution in [0.15, 0.2) is 12.7 Å². The first kappa shape index (κ1) is 10.6. The molecule has 1 nitrogen and oxygen atoms in total. The van der Waals surface area contributed by atoms with Crippen molar-refractivity contribution in [3.63, 3.8) is 0 Å².